The van der Waals surface area contributed by atoms with Crippen LogP contribution in [0.3, 0.4) is 0 Å². The number of nitriles is 1. The largest absolute Gasteiger partial charge is 0.379 e. The van der Waals surface area contributed by atoms with E-state index in [-0.39, 0.29) is 11.9 Å². The molecule has 0 N–H and O–H groups in total. The second-order valence-electron chi connectivity index (χ2n) is 6.66. The molecule has 1 unspecified atom stereocenters. The molecule has 1 aromatic carbocycles. The molecule has 0 aliphatic carbocycles. The maximum atomic E-state index is 12.7. The number of hydrogen-bond donors (Lipinski definition) is 0. The molecular weight excluding hydrogens is 314 g/mol. The number of piperidine rings is 1. The topological polar surface area (TPSA) is 56.6 Å². The van der Waals surface area contributed by atoms with Crippen LogP contribution in [0.4, 0.5) is 0 Å². The van der Waals surface area contributed by atoms with E-state index in [1.807, 2.05) is 23.1 Å². The van der Waals surface area contributed by atoms with Crippen molar-refractivity contribution >= 4 is 12.0 Å². The zero-order chi connectivity index (χ0) is 17.5. The maximum Gasteiger partial charge on any atom is 0.246 e. The summed E-state index contributed by atoms with van der Waals surface area (Å²) in [4.78, 5) is 17.1. The van der Waals surface area contributed by atoms with Gasteiger partial charge in [-0.05, 0) is 43.0 Å². The van der Waals surface area contributed by atoms with Gasteiger partial charge in [0.25, 0.3) is 0 Å². The Morgan fingerprint density at radius 3 is 2.92 bits per heavy atom. The molecule has 1 amide bonds. The zero-order valence-corrected chi connectivity index (χ0v) is 14.6. The summed E-state index contributed by atoms with van der Waals surface area (Å²) >= 11 is 0. The fourth-order valence-electron chi connectivity index (χ4n) is 3.54. The summed E-state index contributed by atoms with van der Waals surface area (Å²) in [5.74, 6) is 0.0697. The molecule has 1 atom stereocenters. The van der Waals surface area contributed by atoms with Crippen molar-refractivity contribution in [2.24, 2.45) is 0 Å². The summed E-state index contributed by atoms with van der Waals surface area (Å²) in [5, 5.41) is 8.97. The molecule has 0 saturated carbocycles. The smallest absolute Gasteiger partial charge is 0.246 e. The van der Waals surface area contributed by atoms with Crippen molar-refractivity contribution in [3.05, 3.63) is 41.5 Å². The predicted molar refractivity (Wildman–Crippen MR) is 96.8 cm³/mol. The summed E-state index contributed by atoms with van der Waals surface area (Å²) in [6.07, 6.45) is 6.79. The second-order valence-corrected chi connectivity index (χ2v) is 6.66. The standard InChI is InChI=1S/C20H25N3O2/c21-15-18-5-3-4-17(14-18)7-8-20(24)23-9-2-1-6-19(23)16-22-10-12-25-13-11-22/h3-5,7-8,14,19H,1-2,6,9-13,16H2/b8-7+. The van der Waals surface area contributed by atoms with Crippen molar-refractivity contribution in [3.8, 4) is 6.07 Å². The van der Waals surface area contributed by atoms with E-state index in [2.05, 4.69) is 11.0 Å². The highest BCUT2D eigenvalue weighted by atomic mass is 16.5. The molecule has 1 aromatic rings. The summed E-state index contributed by atoms with van der Waals surface area (Å²) in [6.45, 7) is 5.25. The Morgan fingerprint density at radius 1 is 1.28 bits per heavy atom. The molecule has 2 saturated heterocycles. The minimum absolute atomic E-state index is 0.0697. The molecule has 0 spiro atoms. The first-order valence-corrected chi connectivity index (χ1v) is 9.05. The summed E-state index contributed by atoms with van der Waals surface area (Å²) in [5.41, 5.74) is 1.49. The normalized spacial score (nSPS) is 22.0. The Balaban J connectivity index is 1.63. The number of morpholine rings is 1. The van der Waals surface area contributed by atoms with Crippen molar-refractivity contribution < 1.29 is 9.53 Å². The van der Waals surface area contributed by atoms with Crippen LogP contribution in [0.5, 0.6) is 0 Å². The highest BCUT2D eigenvalue weighted by molar-refractivity contribution is 5.92. The van der Waals surface area contributed by atoms with Gasteiger partial charge in [0, 0.05) is 38.3 Å². The predicted octanol–water partition coefficient (Wildman–Crippen LogP) is 2.28. The second kappa shape index (κ2) is 8.80. The minimum Gasteiger partial charge on any atom is -0.379 e. The quantitative estimate of drug-likeness (QED) is 0.790. The molecule has 132 valence electrons. The van der Waals surface area contributed by atoms with Crippen LogP contribution in [0, 0.1) is 11.3 Å². The van der Waals surface area contributed by atoms with E-state index in [9.17, 15) is 4.79 Å². The monoisotopic (exact) mass is 339 g/mol. The van der Waals surface area contributed by atoms with Crippen molar-refractivity contribution in [2.45, 2.75) is 25.3 Å². The molecular formula is C20H25N3O2. The third-order valence-corrected chi connectivity index (χ3v) is 4.92. The average Bonchev–Trinajstić information content (AvgIpc) is 2.67. The van der Waals surface area contributed by atoms with Crippen molar-refractivity contribution in [2.75, 3.05) is 39.4 Å². The van der Waals surface area contributed by atoms with Crippen LogP contribution >= 0.6 is 0 Å². The number of benzene rings is 1. The number of ether oxygens (including phenoxy) is 1. The van der Waals surface area contributed by atoms with Gasteiger partial charge in [-0.1, -0.05) is 12.1 Å². The summed E-state index contributed by atoms with van der Waals surface area (Å²) in [7, 11) is 0. The lowest BCUT2D eigenvalue weighted by Crippen LogP contribution is -2.51. The summed E-state index contributed by atoms with van der Waals surface area (Å²) in [6, 6.07) is 9.72. The van der Waals surface area contributed by atoms with Crippen LogP contribution in [-0.2, 0) is 9.53 Å². The molecule has 2 aliphatic rings. The lowest BCUT2D eigenvalue weighted by Gasteiger charge is -2.39. The van der Waals surface area contributed by atoms with Gasteiger partial charge in [0.05, 0.1) is 24.8 Å². The first-order valence-electron chi connectivity index (χ1n) is 9.05. The number of carbonyl (C=O) groups excluding carboxylic acids is 1. The van der Waals surface area contributed by atoms with Crippen LogP contribution < -0.4 is 0 Å². The van der Waals surface area contributed by atoms with Crippen LogP contribution in [-0.4, -0.2) is 61.1 Å². The Labute approximate surface area is 149 Å². The highest BCUT2D eigenvalue weighted by Crippen LogP contribution is 2.19. The van der Waals surface area contributed by atoms with Gasteiger partial charge in [0.2, 0.25) is 5.91 Å². The van der Waals surface area contributed by atoms with E-state index in [0.29, 0.717) is 5.56 Å². The van der Waals surface area contributed by atoms with Gasteiger partial charge in [-0.2, -0.15) is 5.26 Å². The molecule has 0 radical (unpaired) electrons. The van der Waals surface area contributed by atoms with Crippen LogP contribution in [0.25, 0.3) is 6.08 Å². The van der Waals surface area contributed by atoms with E-state index in [1.165, 1.54) is 6.42 Å². The maximum absolute atomic E-state index is 12.7. The lowest BCUT2D eigenvalue weighted by molar-refractivity contribution is -0.130. The van der Waals surface area contributed by atoms with Gasteiger partial charge in [-0.25, -0.2) is 0 Å². The SMILES string of the molecule is N#Cc1cccc(/C=C/C(=O)N2CCCCC2CN2CCOCC2)c1. The number of nitrogens with zero attached hydrogens (tertiary/aromatic N) is 3. The van der Waals surface area contributed by atoms with Gasteiger partial charge in [-0.15, -0.1) is 0 Å². The lowest BCUT2D eigenvalue weighted by atomic mass is 10.0. The number of amides is 1. The fourth-order valence-corrected chi connectivity index (χ4v) is 3.54. The molecule has 2 heterocycles. The Kier molecular flexibility index (Phi) is 6.21. The molecule has 25 heavy (non-hydrogen) atoms. The van der Waals surface area contributed by atoms with Crippen molar-refractivity contribution in [1.82, 2.24) is 9.80 Å². The number of likely N-dealkylation sites (tertiary alicyclic amines) is 1. The first-order chi connectivity index (χ1) is 12.3. The number of carbonyl (C=O) groups is 1. The Hall–Kier alpha value is -2.16. The third kappa shape index (κ3) is 4.91. The minimum atomic E-state index is 0.0697. The average molecular weight is 339 g/mol. The molecule has 5 heteroatoms. The molecule has 2 fully saturated rings. The van der Waals surface area contributed by atoms with Gasteiger partial charge < -0.3 is 9.64 Å². The molecule has 5 nitrogen and oxygen atoms in total. The Morgan fingerprint density at radius 2 is 2.12 bits per heavy atom. The van der Waals surface area contributed by atoms with Crippen molar-refractivity contribution in [1.29, 1.82) is 5.26 Å². The molecule has 3 rings (SSSR count). The van der Waals surface area contributed by atoms with Crippen LogP contribution in [0.15, 0.2) is 30.3 Å². The van der Waals surface area contributed by atoms with Gasteiger partial charge in [-0.3, -0.25) is 9.69 Å². The third-order valence-electron chi connectivity index (χ3n) is 4.92. The number of hydrogen-bond acceptors (Lipinski definition) is 4. The van der Waals surface area contributed by atoms with Gasteiger partial charge >= 0.3 is 0 Å². The molecule has 2 aliphatic heterocycles. The van der Waals surface area contributed by atoms with E-state index >= 15 is 0 Å². The Bertz CT molecular complexity index is 659. The fraction of sp³-hybridized carbons (Fsp3) is 0.500. The van der Waals surface area contributed by atoms with E-state index in [0.717, 1.165) is 57.8 Å². The van der Waals surface area contributed by atoms with Gasteiger partial charge in [0.1, 0.15) is 0 Å². The van der Waals surface area contributed by atoms with Crippen LogP contribution in [0.2, 0.25) is 0 Å². The van der Waals surface area contributed by atoms with Gasteiger partial charge in [0.15, 0.2) is 0 Å². The van der Waals surface area contributed by atoms with Crippen LogP contribution in [0.1, 0.15) is 30.4 Å². The first kappa shape index (κ1) is 17.7. The van der Waals surface area contributed by atoms with E-state index in [4.69, 9.17) is 10.00 Å². The number of rotatable bonds is 4. The van der Waals surface area contributed by atoms with Crippen molar-refractivity contribution in [3.63, 3.8) is 0 Å². The zero-order valence-electron chi connectivity index (χ0n) is 14.6. The summed E-state index contributed by atoms with van der Waals surface area (Å²) < 4.78 is 5.41. The highest BCUT2D eigenvalue weighted by Gasteiger charge is 2.27. The molecule has 0 bridgehead atoms. The molecule has 0 aromatic heterocycles. The van der Waals surface area contributed by atoms with E-state index in [1.54, 1.807) is 18.2 Å². The van der Waals surface area contributed by atoms with E-state index < -0.39 is 0 Å².